The number of nitrogens with zero attached hydrogens (tertiary/aromatic N) is 1. The summed E-state index contributed by atoms with van der Waals surface area (Å²) >= 11 is 0. The number of nitrogens with two attached hydrogens (primary N) is 1. The first-order valence-corrected chi connectivity index (χ1v) is 7.22. The van der Waals surface area contributed by atoms with E-state index < -0.39 is 0 Å². The molecule has 1 amide bonds. The average molecular weight is 293 g/mol. The standard InChI is InChI=1S/C14H28N2O2.ClH/c1-4-11(3)13(15)14(17)16-8-6-7-12(9-16)10-18-5-2;/h11-13H,4-10,15H2,1-3H3;1H. The van der Waals surface area contributed by atoms with Gasteiger partial charge in [-0.1, -0.05) is 20.3 Å². The van der Waals surface area contributed by atoms with E-state index in [-0.39, 0.29) is 30.3 Å². The van der Waals surface area contributed by atoms with E-state index >= 15 is 0 Å². The quantitative estimate of drug-likeness (QED) is 0.815. The van der Waals surface area contributed by atoms with Crippen molar-refractivity contribution >= 4 is 18.3 Å². The number of hydrogen-bond donors (Lipinski definition) is 1. The van der Waals surface area contributed by atoms with E-state index in [0.29, 0.717) is 5.92 Å². The molecule has 4 nitrogen and oxygen atoms in total. The molecule has 0 aromatic heterocycles. The summed E-state index contributed by atoms with van der Waals surface area (Å²) in [6.07, 6.45) is 3.17. The first-order valence-electron chi connectivity index (χ1n) is 7.22. The molecule has 3 atom stereocenters. The Hall–Kier alpha value is -0.320. The number of ether oxygens (including phenoxy) is 1. The minimum atomic E-state index is -0.346. The van der Waals surface area contributed by atoms with Crippen molar-refractivity contribution in [2.45, 2.75) is 46.1 Å². The maximum absolute atomic E-state index is 12.3. The summed E-state index contributed by atoms with van der Waals surface area (Å²) in [7, 11) is 0. The van der Waals surface area contributed by atoms with E-state index in [1.807, 2.05) is 18.7 Å². The summed E-state index contributed by atoms with van der Waals surface area (Å²) in [6.45, 7) is 9.30. The maximum Gasteiger partial charge on any atom is 0.239 e. The molecule has 0 aliphatic carbocycles. The summed E-state index contributed by atoms with van der Waals surface area (Å²) in [6, 6.07) is -0.346. The van der Waals surface area contributed by atoms with E-state index in [0.717, 1.165) is 45.6 Å². The average Bonchev–Trinajstić information content (AvgIpc) is 2.42. The Balaban J connectivity index is 0.00000324. The van der Waals surface area contributed by atoms with Gasteiger partial charge in [-0.25, -0.2) is 0 Å². The van der Waals surface area contributed by atoms with E-state index in [1.165, 1.54) is 0 Å². The number of likely N-dealkylation sites (tertiary alicyclic amines) is 1. The second-order valence-electron chi connectivity index (χ2n) is 5.36. The second kappa shape index (κ2) is 9.56. The molecule has 2 N–H and O–H groups in total. The van der Waals surface area contributed by atoms with Crippen LogP contribution in [0.4, 0.5) is 0 Å². The van der Waals surface area contributed by atoms with Gasteiger partial charge in [-0.2, -0.15) is 0 Å². The van der Waals surface area contributed by atoms with Gasteiger partial charge in [-0.05, 0) is 31.6 Å². The number of halogens is 1. The normalized spacial score (nSPS) is 22.5. The molecule has 0 bridgehead atoms. The first-order chi connectivity index (χ1) is 8.60. The zero-order valence-corrected chi connectivity index (χ0v) is 13.2. The van der Waals surface area contributed by atoms with Crippen LogP contribution in [0.15, 0.2) is 0 Å². The number of rotatable bonds is 6. The topological polar surface area (TPSA) is 55.6 Å². The van der Waals surface area contributed by atoms with Crippen LogP contribution in [0.5, 0.6) is 0 Å². The fourth-order valence-electron chi connectivity index (χ4n) is 2.39. The third-order valence-corrected chi connectivity index (χ3v) is 3.93. The molecule has 1 aliphatic heterocycles. The van der Waals surface area contributed by atoms with Crippen LogP contribution in [0.1, 0.15) is 40.0 Å². The Bertz CT molecular complexity index is 264. The minimum Gasteiger partial charge on any atom is -0.381 e. The van der Waals surface area contributed by atoms with Crippen molar-refractivity contribution in [1.29, 1.82) is 0 Å². The van der Waals surface area contributed by atoms with Gasteiger partial charge in [-0.15, -0.1) is 12.4 Å². The van der Waals surface area contributed by atoms with Gasteiger partial charge in [0.05, 0.1) is 12.6 Å². The fourth-order valence-corrected chi connectivity index (χ4v) is 2.39. The molecule has 3 unspecified atom stereocenters. The van der Waals surface area contributed by atoms with Crippen LogP contribution in [0, 0.1) is 11.8 Å². The molecule has 19 heavy (non-hydrogen) atoms. The van der Waals surface area contributed by atoms with Crippen LogP contribution < -0.4 is 5.73 Å². The van der Waals surface area contributed by atoms with E-state index in [4.69, 9.17) is 10.5 Å². The van der Waals surface area contributed by atoms with E-state index in [2.05, 4.69) is 6.92 Å². The molecular formula is C14H29ClN2O2. The molecule has 0 aromatic rings. The van der Waals surface area contributed by atoms with Gasteiger partial charge in [0, 0.05) is 19.7 Å². The van der Waals surface area contributed by atoms with E-state index in [9.17, 15) is 4.79 Å². The zero-order valence-electron chi connectivity index (χ0n) is 12.4. The number of amides is 1. The smallest absolute Gasteiger partial charge is 0.239 e. The number of carbonyl (C=O) groups excluding carboxylic acids is 1. The van der Waals surface area contributed by atoms with Crippen molar-refractivity contribution < 1.29 is 9.53 Å². The molecule has 0 radical (unpaired) electrons. The van der Waals surface area contributed by atoms with Gasteiger partial charge < -0.3 is 15.4 Å². The predicted octanol–water partition coefficient (Wildman–Crippen LogP) is 2.06. The van der Waals surface area contributed by atoms with Gasteiger partial charge in [-0.3, -0.25) is 4.79 Å². The summed E-state index contributed by atoms with van der Waals surface area (Å²) in [4.78, 5) is 14.2. The molecule has 0 spiro atoms. The van der Waals surface area contributed by atoms with Crippen LogP contribution in [0.2, 0.25) is 0 Å². The summed E-state index contributed by atoms with van der Waals surface area (Å²) in [5, 5.41) is 0. The van der Waals surface area contributed by atoms with Gasteiger partial charge in [0.15, 0.2) is 0 Å². The number of carbonyl (C=O) groups is 1. The van der Waals surface area contributed by atoms with Crippen LogP contribution in [-0.4, -0.2) is 43.2 Å². The SMILES string of the molecule is CCOCC1CCCN(C(=O)C(N)C(C)CC)C1.Cl. The molecule has 0 saturated carbocycles. The predicted molar refractivity (Wildman–Crippen MR) is 80.5 cm³/mol. The van der Waals surface area contributed by atoms with Gasteiger partial charge in [0.25, 0.3) is 0 Å². The van der Waals surface area contributed by atoms with Crippen LogP contribution in [0.3, 0.4) is 0 Å². The molecule has 1 saturated heterocycles. The van der Waals surface area contributed by atoms with Crippen molar-refractivity contribution in [2.75, 3.05) is 26.3 Å². The lowest BCUT2D eigenvalue weighted by molar-refractivity contribution is -0.136. The lowest BCUT2D eigenvalue weighted by Crippen LogP contribution is -2.50. The van der Waals surface area contributed by atoms with Gasteiger partial charge in [0.1, 0.15) is 0 Å². The minimum absolute atomic E-state index is 0. The zero-order chi connectivity index (χ0) is 13.5. The van der Waals surface area contributed by atoms with Crippen LogP contribution in [0.25, 0.3) is 0 Å². The third kappa shape index (κ3) is 5.67. The molecule has 1 aliphatic rings. The Morgan fingerprint density at radius 2 is 2.16 bits per heavy atom. The van der Waals surface area contributed by atoms with Crippen LogP contribution >= 0.6 is 12.4 Å². The molecule has 1 fully saturated rings. The molecule has 5 heteroatoms. The van der Waals surface area contributed by atoms with Crippen molar-refractivity contribution in [3.63, 3.8) is 0 Å². The van der Waals surface area contributed by atoms with Gasteiger partial charge >= 0.3 is 0 Å². The highest BCUT2D eigenvalue weighted by Gasteiger charge is 2.29. The molecular weight excluding hydrogens is 264 g/mol. The summed E-state index contributed by atoms with van der Waals surface area (Å²) in [5.41, 5.74) is 6.03. The van der Waals surface area contributed by atoms with Crippen molar-refractivity contribution in [3.05, 3.63) is 0 Å². The Morgan fingerprint density at radius 1 is 1.47 bits per heavy atom. The van der Waals surface area contributed by atoms with Gasteiger partial charge in [0.2, 0.25) is 5.91 Å². The fraction of sp³-hybridized carbons (Fsp3) is 0.929. The Kier molecular flexibility index (Phi) is 9.40. The van der Waals surface area contributed by atoms with E-state index in [1.54, 1.807) is 0 Å². The first kappa shape index (κ1) is 18.7. The Labute approximate surface area is 123 Å². The monoisotopic (exact) mass is 292 g/mol. The highest BCUT2D eigenvalue weighted by molar-refractivity contribution is 5.85. The molecule has 1 heterocycles. The number of piperidine rings is 1. The molecule has 0 aromatic carbocycles. The van der Waals surface area contributed by atoms with Crippen LogP contribution in [-0.2, 0) is 9.53 Å². The highest BCUT2D eigenvalue weighted by atomic mass is 35.5. The maximum atomic E-state index is 12.3. The van der Waals surface area contributed by atoms with Crippen molar-refractivity contribution in [2.24, 2.45) is 17.6 Å². The number of hydrogen-bond acceptors (Lipinski definition) is 3. The largest absolute Gasteiger partial charge is 0.381 e. The lowest BCUT2D eigenvalue weighted by Gasteiger charge is -2.35. The highest BCUT2D eigenvalue weighted by Crippen LogP contribution is 2.19. The molecule has 114 valence electrons. The second-order valence-corrected chi connectivity index (χ2v) is 5.36. The summed E-state index contributed by atoms with van der Waals surface area (Å²) < 4.78 is 5.46. The van der Waals surface area contributed by atoms with Crippen molar-refractivity contribution in [3.8, 4) is 0 Å². The Morgan fingerprint density at radius 3 is 2.74 bits per heavy atom. The molecule has 1 rings (SSSR count). The lowest BCUT2D eigenvalue weighted by atomic mass is 9.95. The van der Waals surface area contributed by atoms with Crippen molar-refractivity contribution in [1.82, 2.24) is 4.90 Å². The third-order valence-electron chi connectivity index (χ3n) is 3.93. The summed E-state index contributed by atoms with van der Waals surface area (Å²) in [5.74, 6) is 0.849.